The molecule has 1 aliphatic rings. The Morgan fingerprint density at radius 3 is 2.70 bits per heavy atom. The number of thioether (sulfide) groups is 1. The Balaban J connectivity index is 1.67. The molecule has 0 aromatic heterocycles. The van der Waals surface area contributed by atoms with Crippen molar-refractivity contribution in [1.29, 1.82) is 0 Å². The lowest BCUT2D eigenvalue weighted by Gasteiger charge is -2.33. The quantitative estimate of drug-likeness (QED) is 0.914. The van der Waals surface area contributed by atoms with Crippen LogP contribution < -0.4 is 10.2 Å². The van der Waals surface area contributed by atoms with Crippen molar-refractivity contribution in [2.24, 2.45) is 0 Å². The number of carbonyl (C=O) groups excluding carboxylic acids is 1. The Labute approximate surface area is 142 Å². The Hall–Kier alpha value is -1.94. The van der Waals surface area contributed by atoms with Crippen molar-refractivity contribution in [2.75, 3.05) is 23.3 Å². The molecule has 0 saturated carbocycles. The summed E-state index contributed by atoms with van der Waals surface area (Å²) in [6.07, 6.45) is 1.01. The molecule has 1 atom stereocenters. The second-order valence-corrected chi connectivity index (χ2v) is 7.36. The maximum absolute atomic E-state index is 12.4. The van der Waals surface area contributed by atoms with E-state index >= 15 is 0 Å². The van der Waals surface area contributed by atoms with E-state index in [2.05, 4.69) is 54.4 Å². The van der Waals surface area contributed by atoms with Gasteiger partial charge < -0.3 is 10.2 Å². The van der Waals surface area contributed by atoms with E-state index in [-0.39, 0.29) is 5.91 Å². The van der Waals surface area contributed by atoms with Crippen LogP contribution in [0.2, 0.25) is 0 Å². The Bertz CT molecular complexity index is 684. The van der Waals surface area contributed by atoms with E-state index in [4.69, 9.17) is 0 Å². The number of nitrogens with zero attached hydrogens (tertiary/aromatic N) is 1. The first-order chi connectivity index (χ1) is 11.2. The van der Waals surface area contributed by atoms with Gasteiger partial charge in [-0.3, -0.25) is 4.79 Å². The van der Waals surface area contributed by atoms with E-state index in [1.165, 1.54) is 10.5 Å². The van der Waals surface area contributed by atoms with Gasteiger partial charge in [-0.25, -0.2) is 0 Å². The van der Waals surface area contributed by atoms with Gasteiger partial charge in [0.1, 0.15) is 0 Å². The summed E-state index contributed by atoms with van der Waals surface area (Å²) in [6.45, 7) is 5.61. The minimum atomic E-state index is 0.0307. The maximum Gasteiger partial charge on any atom is 0.243 e. The number of aryl methyl sites for hydroxylation is 1. The molecular weight excluding hydrogens is 304 g/mol. The van der Waals surface area contributed by atoms with Gasteiger partial charge in [0.15, 0.2) is 0 Å². The monoisotopic (exact) mass is 326 g/mol. The zero-order valence-corrected chi connectivity index (χ0v) is 14.4. The molecular formula is C19H22N2OS. The van der Waals surface area contributed by atoms with Crippen LogP contribution in [-0.4, -0.2) is 24.2 Å². The second kappa shape index (κ2) is 7.09. The van der Waals surface area contributed by atoms with E-state index in [0.29, 0.717) is 11.8 Å². The number of rotatable bonds is 4. The van der Waals surface area contributed by atoms with Crippen molar-refractivity contribution in [3.8, 4) is 0 Å². The number of benzene rings is 2. The van der Waals surface area contributed by atoms with E-state index in [0.717, 1.165) is 24.3 Å². The summed E-state index contributed by atoms with van der Waals surface area (Å²) in [5, 5.41) is 3.49. The van der Waals surface area contributed by atoms with Crippen molar-refractivity contribution in [1.82, 2.24) is 0 Å². The predicted molar refractivity (Wildman–Crippen MR) is 98.4 cm³/mol. The Morgan fingerprint density at radius 2 is 1.96 bits per heavy atom. The average Bonchev–Trinajstić information content (AvgIpc) is 2.55. The minimum Gasteiger partial charge on any atom is -0.360 e. The fourth-order valence-electron chi connectivity index (χ4n) is 2.83. The van der Waals surface area contributed by atoms with Gasteiger partial charge in [-0.05, 0) is 36.2 Å². The molecule has 3 nitrogen and oxygen atoms in total. The molecule has 1 amide bonds. The average molecular weight is 326 g/mol. The largest absolute Gasteiger partial charge is 0.360 e. The van der Waals surface area contributed by atoms with E-state index in [9.17, 15) is 4.79 Å². The normalized spacial score (nSPS) is 16.8. The van der Waals surface area contributed by atoms with Gasteiger partial charge in [0.25, 0.3) is 0 Å². The molecule has 1 heterocycles. The second-order valence-electron chi connectivity index (χ2n) is 5.88. The molecule has 23 heavy (non-hydrogen) atoms. The maximum atomic E-state index is 12.4. The van der Waals surface area contributed by atoms with Gasteiger partial charge in [-0.2, -0.15) is 0 Å². The topological polar surface area (TPSA) is 32.3 Å². The molecule has 0 bridgehead atoms. The molecule has 0 spiro atoms. The first-order valence-electron chi connectivity index (χ1n) is 8.05. The van der Waals surface area contributed by atoms with Crippen LogP contribution in [0.25, 0.3) is 0 Å². The molecule has 120 valence electrons. The van der Waals surface area contributed by atoms with Gasteiger partial charge in [-0.1, -0.05) is 38.1 Å². The lowest BCUT2D eigenvalue weighted by molar-refractivity contribution is -0.115. The summed E-state index contributed by atoms with van der Waals surface area (Å²) in [5.74, 6) is 0.0307. The number of anilines is 2. The van der Waals surface area contributed by atoms with Crippen LogP contribution in [0.5, 0.6) is 0 Å². The van der Waals surface area contributed by atoms with Crippen LogP contribution in [0, 0.1) is 0 Å². The number of hydrogen-bond acceptors (Lipinski definition) is 3. The molecule has 0 aliphatic carbocycles. The number of carbonyl (C=O) groups is 1. The van der Waals surface area contributed by atoms with Crippen LogP contribution in [0.1, 0.15) is 19.4 Å². The van der Waals surface area contributed by atoms with Crippen LogP contribution in [0.3, 0.4) is 0 Å². The van der Waals surface area contributed by atoms with Gasteiger partial charge in [-0.15, -0.1) is 11.8 Å². The molecule has 0 fully saturated rings. The standard InChI is InChI=1S/C19H22N2OS/c1-3-15-8-10-16(11-9-15)20-19(22)13-21-12-14(2)23-18-7-5-4-6-17(18)21/h4-11,14H,3,12-13H2,1-2H3,(H,20,22). The molecule has 2 aromatic carbocycles. The van der Waals surface area contributed by atoms with Gasteiger partial charge in [0.2, 0.25) is 5.91 Å². The smallest absolute Gasteiger partial charge is 0.243 e. The summed E-state index contributed by atoms with van der Waals surface area (Å²) in [5.41, 5.74) is 3.30. The first-order valence-corrected chi connectivity index (χ1v) is 8.93. The number of amides is 1. The predicted octanol–water partition coefficient (Wildman–Crippen LogP) is 4.19. The molecule has 2 aromatic rings. The molecule has 4 heteroatoms. The van der Waals surface area contributed by atoms with Crippen LogP contribution >= 0.6 is 11.8 Å². The summed E-state index contributed by atoms with van der Waals surface area (Å²) >= 11 is 1.88. The molecule has 1 unspecified atom stereocenters. The minimum absolute atomic E-state index is 0.0307. The number of nitrogens with one attached hydrogen (secondary N) is 1. The van der Waals surface area contributed by atoms with Gasteiger partial charge in [0.05, 0.1) is 12.2 Å². The lowest BCUT2D eigenvalue weighted by atomic mass is 10.1. The van der Waals surface area contributed by atoms with E-state index in [1.54, 1.807) is 0 Å². The van der Waals surface area contributed by atoms with Crippen molar-refractivity contribution in [3.05, 3.63) is 54.1 Å². The van der Waals surface area contributed by atoms with Crippen molar-refractivity contribution in [2.45, 2.75) is 30.4 Å². The van der Waals surface area contributed by atoms with E-state index in [1.807, 2.05) is 30.0 Å². The highest BCUT2D eigenvalue weighted by Gasteiger charge is 2.23. The zero-order valence-electron chi connectivity index (χ0n) is 13.6. The fraction of sp³-hybridized carbons (Fsp3) is 0.316. The molecule has 0 saturated heterocycles. The first kappa shape index (κ1) is 15.9. The number of fused-ring (bicyclic) bond motifs is 1. The highest BCUT2D eigenvalue weighted by molar-refractivity contribution is 8.00. The van der Waals surface area contributed by atoms with Crippen molar-refractivity contribution < 1.29 is 4.79 Å². The Morgan fingerprint density at radius 1 is 1.22 bits per heavy atom. The van der Waals surface area contributed by atoms with Gasteiger partial charge in [0, 0.05) is 22.4 Å². The highest BCUT2D eigenvalue weighted by atomic mass is 32.2. The summed E-state index contributed by atoms with van der Waals surface area (Å²) in [6, 6.07) is 16.4. The molecule has 3 rings (SSSR count). The van der Waals surface area contributed by atoms with Crippen LogP contribution in [0.15, 0.2) is 53.4 Å². The van der Waals surface area contributed by atoms with Gasteiger partial charge >= 0.3 is 0 Å². The summed E-state index contributed by atoms with van der Waals surface area (Å²) < 4.78 is 0. The fourth-order valence-corrected chi connectivity index (χ4v) is 3.99. The summed E-state index contributed by atoms with van der Waals surface area (Å²) in [4.78, 5) is 15.8. The van der Waals surface area contributed by atoms with Crippen molar-refractivity contribution in [3.63, 3.8) is 0 Å². The molecule has 1 N–H and O–H groups in total. The number of hydrogen-bond donors (Lipinski definition) is 1. The highest BCUT2D eigenvalue weighted by Crippen LogP contribution is 2.37. The van der Waals surface area contributed by atoms with Crippen LogP contribution in [-0.2, 0) is 11.2 Å². The number of para-hydroxylation sites is 1. The third-order valence-corrected chi connectivity index (χ3v) is 5.14. The lowest BCUT2D eigenvalue weighted by Crippen LogP contribution is -2.39. The molecule has 1 aliphatic heterocycles. The van der Waals surface area contributed by atoms with Crippen LogP contribution in [0.4, 0.5) is 11.4 Å². The van der Waals surface area contributed by atoms with E-state index < -0.39 is 0 Å². The summed E-state index contributed by atoms with van der Waals surface area (Å²) in [7, 11) is 0. The molecule has 0 radical (unpaired) electrons. The van der Waals surface area contributed by atoms with Crippen molar-refractivity contribution >= 4 is 29.0 Å². The third-order valence-electron chi connectivity index (χ3n) is 3.99. The third kappa shape index (κ3) is 3.88. The zero-order chi connectivity index (χ0) is 16.2. The SMILES string of the molecule is CCc1ccc(NC(=O)CN2CC(C)Sc3ccccc32)cc1. The Kier molecular flexibility index (Phi) is 4.91.